The lowest BCUT2D eigenvalue weighted by atomic mass is 9.85. The fraction of sp³-hybridized carbons (Fsp3) is 0. The predicted molar refractivity (Wildman–Crippen MR) is 270 cm³/mol. The lowest BCUT2D eigenvalue weighted by Crippen LogP contribution is -2.01. The smallest absolute Gasteiger partial charge is 0.165 e. The Morgan fingerprint density at radius 2 is 0.631 bits per heavy atom. The molecule has 302 valence electrons. The van der Waals surface area contributed by atoms with Crippen molar-refractivity contribution in [1.82, 2.24) is 15.0 Å². The van der Waals surface area contributed by atoms with Gasteiger partial charge in [-0.3, -0.25) is 0 Å². The van der Waals surface area contributed by atoms with Gasteiger partial charge in [-0.1, -0.05) is 212 Å². The van der Waals surface area contributed by atoms with Crippen LogP contribution in [0.2, 0.25) is 0 Å². The number of aromatic nitrogens is 3. The number of nitrogens with zero attached hydrogens (tertiary/aromatic N) is 3. The molecule has 0 saturated carbocycles. The number of hydrogen-bond donors (Lipinski definition) is 0. The molecule has 4 heteroatoms. The van der Waals surface area contributed by atoms with Crippen molar-refractivity contribution in [3.8, 4) is 67.5 Å². The van der Waals surface area contributed by atoms with Gasteiger partial charge in [0.05, 0.1) is 0 Å². The van der Waals surface area contributed by atoms with Gasteiger partial charge in [-0.05, 0) is 77.5 Å². The van der Waals surface area contributed by atoms with Crippen LogP contribution in [0, 0.1) is 0 Å². The normalized spacial score (nSPS) is 11.7. The summed E-state index contributed by atoms with van der Waals surface area (Å²) in [7, 11) is 0. The van der Waals surface area contributed by atoms with Crippen LogP contribution in [-0.2, 0) is 0 Å². The van der Waals surface area contributed by atoms with Crippen molar-refractivity contribution in [1.29, 1.82) is 0 Å². The van der Waals surface area contributed by atoms with Gasteiger partial charge in [0.25, 0.3) is 0 Å². The van der Waals surface area contributed by atoms with Gasteiger partial charge >= 0.3 is 0 Å². The molecule has 0 bridgehead atoms. The summed E-state index contributed by atoms with van der Waals surface area (Å²) in [6.07, 6.45) is 0. The van der Waals surface area contributed by atoms with E-state index in [4.69, 9.17) is 19.4 Å². The van der Waals surface area contributed by atoms with Crippen LogP contribution in [0.25, 0.3) is 133 Å². The van der Waals surface area contributed by atoms with Crippen LogP contribution in [0.15, 0.2) is 229 Å². The largest absolute Gasteiger partial charge is 0.455 e. The van der Waals surface area contributed by atoms with E-state index in [1.165, 1.54) is 38.2 Å². The van der Waals surface area contributed by atoms with Crippen molar-refractivity contribution in [2.45, 2.75) is 0 Å². The number of para-hydroxylation sites is 1. The molecule has 0 unspecified atom stereocenters. The Bertz CT molecular complexity index is 3820. The second-order valence-corrected chi connectivity index (χ2v) is 16.6. The van der Waals surface area contributed by atoms with Crippen LogP contribution in [0.5, 0.6) is 0 Å². The van der Waals surface area contributed by atoms with Crippen molar-refractivity contribution < 1.29 is 4.42 Å². The molecule has 13 rings (SSSR count). The van der Waals surface area contributed by atoms with Crippen molar-refractivity contribution in [3.05, 3.63) is 224 Å². The summed E-state index contributed by atoms with van der Waals surface area (Å²) in [5.74, 6) is 1.91. The number of rotatable bonds is 6. The summed E-state index contributed by atoms with van der Waals surface area (Å²) < 4.78 is 6.97. The summed E-state index contributed by atoms with van der Waals surface area (Å²) in [6, 6.07) is 79.2. The third kappa shape index (κ3) is 5.96. The zero-order valence-electron chi connectivity index (χ0n) is 35.1. The van der Waals surface area contributed by atoms with Gasteiger partial charge in [0.2, 0.25) is 0 Å². The van der Waals surface area contributed by atoms with Crippen molar-refractivity contribution >= 4 is 65.0 Å². The van der Waals surface area contributed by atoms with Crippen LogP contribution >= 0.6 is 0 Å². The van der Waals surface area contributed by atoms with E-state index in [0.717, 1.165) is 76.9 Å². The number of fused-ring (bicyclic) bond motifs is 7. The molecular formula is C61H37N3O. The molecule has 0 aliphatic rings. The first-order chi connectivity index (χ1) is 32.3. The molecule has 0 saturated heterocycles. The second-order valence-electron chi connectivity index (χ2n) is 16.6. The van der Waals surface area contributed by atoms with Gasteiger partial charge in [0, 0.05) is 38.6 Å². The lowest BCUT2D eigenvalue weighted by molar-refractivity contribution is 0.670. The summed E-state index contributed by atoms with van der Waals surface area (Å²) in [6.45, 7) is 0. The molecule has 0 spiro atoms. The SMILES string of the molecule is c1ccc(-c2nc(-c3ccccc3)nc(-c3c4ccccc4c(-c4ccc5oc6c(-c7c8ccccc8c(-c8ccccc8)c8ccccc78)cccc6c5c4)c4ccccc34)n2)cc1. The Labute approximate surface area is 374 Å². The highest BCUT2D eigenvalue weighted by Gasteiger charge is 2.23. The fourth-order valence-electron chi connectivity index (χ4n) is 10.1. The van der Waals surface area contributed by atoms with E-state index in [2.05, 4.69) is 188 Å². The van der Waals surface area contributed by atoms with Crippen LogP contribution in [-0.4, -0.2) is 15.0 Å². The van der Waals surface area contributed by atoms with E-state index < -0.39 is 0 Å². The minimum atomic E-state index is 0.636. The van der Waals surface area contributed by atoms with Gasteiger partial charge in [-0.2, -0.15) is 0 Å². The van der Waals surface area contributed by atoms with Crippen LogP contribution in [0.4, 0.5) is 0 Å². The zero-order chi connectivity index (χ0) is 42.8. The molecule has 0 fully saturated rings. The van der Waals surface area contributed by atoms with E-state index >= 15 is 0 Å². The second kappa shape index (κ2) is 15.0. The minimum absolute atomic E-state index is 0.636. The third-order valence-electron chi connectivity index (χ3n) is 12.9. The Morgan fingerprint density at radius 3 is 1.12 bits per heavy atom. The molecular weight excluding hydrogens is 791 g/mol. The molecule has 0 atom stereocenters. The predicted octanol–water partition coefficient (Wildman–Crippen LogP) is 16.4. The van der Waals surface area contributed by atoms with Crippen LogP contribution < -0.4 is 0 Å². The molecule has 2 heterocycles. The Hall–Kier alpha value is -8.73. The summed E-state index contributed by atoms with van der Waals surface area (Å²) >= 11 is 0. The summed E-state index contributed by atoms with van der Waals surface area (Å²) in [4.78, 5) is 15.5. The highest BCUT2D eigenvalue weighted by molar-refractivity contribution is 6.25. The standard InChI is InChI=1S/C61H37N3O/c1-4-19-38(20-5-1)54-42-25-10-14-29-46(42)56(47-30-15-11-26-43(47)54)51-34-18-33-50-52-37-41(35-36-53(52)65-58(50)51)55-44-27-12-16-31-48(44)57(49-32-17-13-28-45(49)55)61-63-59(39-21-6-2-7-22-39)62-60(64-61)40-23-8-3-9-24-40/h1-37H. The number of hydrogen-bond acceptors (Lipinski definition) is 4. The van der Waals surface area contributed by atoms with Crippen molar-refractivity contribution in [3.63, 3.8) is 0 Å². The van der Waals surface area contributed by atoms with Crippen molar-refractivity contribution in [2.24, 2.45) is 0 Å². The van der Waals surface area contributed by atoms with E-state index in [9.17, 15) is 0 Å². The van der Waals surface area contributed by atoms with Gasteiger partial charge < -0.3 is 4.42 Å². The van der Waals surface area contributed by atoms with Gasteiger partial charge in [-0.25, -0.2) is 15.0 Å². The molecule has 0 amide bonds. The average molecular weight is 828 g/mol. The molecule has 0 radical (unpaired) electrons. The molecule has 0 aliphatic heterocycles. The first kappa shape index (κ1) is 36.9. The Kier molecular flexibility index (Phi) is 8.50. The molecule has 0 N–H and O–H groups in total. The summed E-state index contributed by atoms with van der Waals surface area (Å²) in [5, 5.41) is 11.4. The minimum Gasteiger partial charge on any atom is -0.455 e. The maximum absolute atomic E-state index is 6.97. The Balaban J connectivity index is 1.03. The Morgan fingerprint density at radius 1 is 0.246 bits per heavy atom. The monoisotopic (exact) mass is 827 g/mol. The third-order valence-corrected chi connectivity index (χ3v) is 12.9. The maximum Gasteiger partial charge on any atom is 0.165 e. The molecule has 4 nitrogen and oxygen atoms in total. The van der Waals surface area contributed by atoms with E-state index in [0.29, 0.717) is 17.5 Å². The number of furan rings is 1. The quantitative estimate of drug-likeness (QED) is 0.157. The first-order valence-electron chi connectivity index (χ1n) is 22.0. The summed E-state index contributed by atoms with van der Waals surface area (Å²) in [5.41, 5.74) is 11.6. The maximum atomic E-state index is 6.97. The molecule has 13 aromatic rings. The fourth-order valence-corrected chi connectivity index (χ4v) is 10.1. The average Bonchev–Trinajstić information content (AvgIpc) is 3.76. The highest BCUT2D eigenvalue weighted by atomic mass is 16.3. The van der Waals surface area contributed by atoms with E-state index in [1.807, 2.05) is 36.4 Å². The first-order valence-corrected chi connectivity index (χ1v) is 22.0. The van der Waals surface area contributed by atoms with E-state index in [-0.39, 0.29) is 0 Å². The highest BCUT2D eigenvalue weighted by Crippen LogP contribution is 2.48. The zero-order valence-corrected chi connectivity index (χ0v) is 35.1. The molecule has 0 aliphatic carbocycles. The molecule has 2 aromatic heterocycles. The van der Waals surface area contributed by atoms with Gasteiger partial charge in [0.1, 0.15) is 11.2 Å². The lowest BCUT2D eigenvalue weighted by Gasteiger charge is -2.17. The van der Waals surface area contributed by atoms with Gasteiger partial charge in [0.15, 0.2) is 17.5 Å². The van der Waals surface area contributed by atoms with Crippen LogP contribution in [0.3, 0.4) is 0 Å². The van der Waals surface area contributed by atoms with Gasteiger partial charge in [-0.15, -0.1) is 0 Å². The number of benzene rings is 11. The van der Waals surface area contributed by atoms with Crippen LogP contribution in [0.1, 0.15) is 0 Å². The topological polar surface area (TPSA) is 51.8 Å². The van der Waals surface area contributed by atoms with E-state index in [1.54, 1.807) is 0 Å². The molecule has 65 heavy (non-hydrogen) atoms. The molecule has 11 aromatic carbocycles. The van der Waals surface area contributed by atoms with Crippen molar-refractivity contribution in [2.75, 3.05) is 0 Å².